The molecular formula is C8H11FNO+. The van der Waals surface area contributed by atoms with Gasteiger partial charge in [-0.1, -0.05) is 0 Å². The second-order valence-electron chi connectivity index (χ2n) is 2.36. The Morgan fingerprint density at radius 2 is 2.27 bits per heavy atom. The summed E-state index contributed by atoms with van der Waals surface area (Å²) in [6.07, 6.45) is 0. The first-order valence-corrected chi connectivity index (χ1v) is 3.33. The second kappa shape index (κ2) is 3.46. The van der Waals surface area contributed by atoms with E-state index in [4.69, 9.17) is 4.74 Å². The van der Waals surface area contributed by atoms with Gasteiger partial charge in [-0.15, -0.1) is 0 Å². The maximum absolute atomic E-state index is 12.8. The molecule has 0 aliphatic heterocycles. The highest BCUT2D eigenvalue weighted by atomic mass is 19.1. The molecule has 0 atom stereocenters. The van der Waals surface area contributed by atoms with Gasteiger partial charge in [-0.05, 0) is 6.07 Å². The molecule has 0 heterocycles. The summed E-state index contributed by atoms with van der Waals surface area (Å²) in [5, 5.41) is 0. The zero-order chi connectivity index (χ0) is 8.27. The lowest BCUT2D eigenvalue weighted by Crippen LogP contribution is -2.40. The van der Waals surface area contributed by atoms with E-state index in [-0.39, 0.29) is 5.82 Å². The van der Waals surface area contributed by atoms with Gasteiger partial charge < -0.3 is 10.5 Å². The van der Waals surface area contributed by atoms with E-state index in [1.54, 1.807) is 12.1 Å². The van der Waals surface area contributed by atoms with Crippen LogP contribution < -0.4 is 5.73 Å². The molecule has 11 heavy (non-hydrogen) atoms. The Bertz CT molecular complexity index is 250. The van der Waals surface area contributed by atoms with Crippen molar-refractivity contribution in [2.75, 3.05) is 7.11 Å². The molecule has 0 saturated carbocycles. The summed E-state index contributed by atoms with van der Waals surface area (Å²) >= 11 is 0. The van der Waals surface area contributed by atoms with Crippen molar-refractivity contribution in [1.29, 1.82) is 0 Å². The molecule has 0 radical (unpaired) electrons. The summed E-state index contributed by atoms with van der Waals surface area (Å²) in [4.78, 5) is 0. The van der Waals surface area contributed by atoms with Gasteiger partial charge in [-0.25, -0.2) is 4.39 Å². The molecule has 0 aromatic heterocycles. The van der Waals surface area contributed by atoms with Gasteiger partial charge in [0, 0.05) is 24.8 Å². The number of quaternary nitrogens is 1. The van der Waals surface area contributed by atoms with Crippen molar-refractivity contribution in [2.24, 2.45) is 0 Å². The summed E-state index contributed by atoms with van der Waals surface area (Å²) in [5.41, 5.74) is 5.04. The molecule has 1 aromatic carbocycles. The van der Waals surface area contributed by atoms with Crippen LogP contribution in [0.5, 0.6) is 0 Å². The first kappa shape index (κ1) is 8.17. The Kier molecular flexibility index (Phi) is 2.57. The molecule has 0 aliphatic carbocycles. The normalized spacial score (nSPS) is 10.1. The van der Waals surface area contributed by atoms with Crippen LogP contribution in [0.4, 0.5) is 10.1 Å². The topological polar surface area (TPSA) is 36.9 Å². The van der Waals surface area contributed by atoms with Crippen molar-refractivity contribution in [3.63, 3.8) is 0 Å². The molecule has 2 nitrogen and oxygen atoms in total. The van der Waals surface area contributed by atoms with E-state index in [2.05, 4.69) is 5.73 Å². The minimum absolute atomic E-state index is 0.237. The maximum atomic E-state index is 12.8. The number of hydrogen-bond donors (Lipinski definition) is 1. The Hall–Kier alpha value is -0.930. The fourth-order valence-corrected chi connectivity index (χ4v) is 0.894. The molecule has 0 bridgehead atoms. The average Bonchev–Trinajstić information content (AvgIpc) is 1.98. The predicted octanol–water partition coefficient (Wildman–Crippen LogP) is 0.845. The van der Waals surface area contributed by atoms with Crippen LogP contribution in [0.3, 0.4) is 0 Å². The molecule has 0 fully saturated rings. The third-order valence-corrected chi connectivity index (χ3v) is 1.41. The van der Waals surface area contributed by atoms with Gasteiger partial charge in [-0.3, -0.25) is 0 Å². The summed E-state index contributed by atoms with van der Waals surface area (Å²) in [6, 6.07) is 4.71. The number of ether oxygens (including phenoxy) is 1. The largest absolute Gasteiger partial charge is 0.380 e. The maximum Gasteiger partial charge on any atom is 0.129 e. The number of methoxy groups -OCH3 is 1. The molecule has 3 heteroatoms. The predicted molar refractivity (Wildman–Crippen MR) is 39.7 cm³/mol. The van der Waals surface area contributed by atoms with E-state index < -0.39 is 0 Å². The summed E-state index contributed by atoms with van der Waals surface area (Å²) in [5.74, 6) is -0.237. The molecule has 0 aliphatic rings. The quantitative estimate of drug-likeness (QED) is 0.677. The minimum Gasteiger partial charge on any atom is -0.380 e. The van der Waals surface area contributed by atoms with E-state index in [1.165, 1.54) is 13.2 Å². The van der Waals surface area contributed by atoms with Crippen molar-refractivity contribution in [1.82, 2.24) is 0 Å². The van der Waals surface area contributed by atoms with Gasteiger partial charge in [0.2, 0.25) is 0 Å². The van der Waals surface area contributed by atoms with Gasteiger partial charge in [0.25, 0.3) is 0 Å². The monoisotopic (exact) mass is 156 g/mol. The second-order valence-corrected chi connectivity index (χ2v) is 2.36. The van der Waals surface area contributed by atoms with Crippen LogP contribution in [0.25, 0.3) is 0 Å². The Labute approximate surface area is 64.8 Å². The van der Waals surface area contributed by atoms with Crippen molar-refractivity contribution < 1.29 is 14.9 Å². The minimum atomic E-state index is -0.237. The van der Waals surface area contributed by atoms with Crippen LogP contribution >= 0.6 is 0 Å². The van der Waals surface area contributed by atoms with Crippen LogP contribution in [0, 0.1) is 5.82 Å². The van der Waals surface area contributed by atoms with E-state index in [1.807, 2.05) is 0 Å². The number of hydrogen-bond acceptors (Lipinski definition) is 1. The first-order valence-electron chi connectivity index (χ1n) is 3.33. The zero-order valence-electron chi connectivity index (χ0n) is 6.43. The molecule has 1 rings (SSSR count). The van der Waals surface area contributed by atoms with Crippen LogP contribution in [0.2, 0.25) is 0 Å². The molecule has 1 aromatic rings. The van der Waals surface area contributed by atoms with Crippen molar-refractivity contribution >= 4 is 5.69 Å². The number of halogens is 1. The lowest BCUT2D eigenvalue weighted by molar-refractivity contribution is -0.254. The summed E-state index contributed by atoms with van der Waals surface area (Å²) in [7, 11) is 1.54. The lowest BCUT2D eigenvalue weighted by Gasteiger charge is -2.00. The van der Waals surface area contributed by atoms with E-state index in [0.717, 1.165) is 5.69 Å². The SMILES string of the molecule is COCc1cc([NH3+])ccc1F. The van der Waals surface area contributed by atoms with Crippen molar-refractivity contribution in [3.8, 4) is 0 Å². The molecular weight excluding hydrogens is 145 g/mol. The van der Waals surface area contributed by atoms with E-state index in [9.17, 15) is 4.39 Å². The van der Waals surface area contributed by atoms with Crippen LogP contribution in [-0.4, -0.2) is 7.11 Å². The number of rotatable bonds is 2. The third kappa shape index (κ3) is 2.00. The van der Waals surface area contributed by atoms with Gasteiger partial charge >= 0.3 is 0 Å². The molecule has 60 valence electrons. The summed E-state index contributed by atoms with van der Waals surface area (Å²) < 4.78 is 17.6. The summed E-state index contributed by atoms with van der Waals surface area (Å²) in [6.45, 7) is 0.301. The Morgan fingerprint density at radius 1 is 1.55 bits per heavy atom. The molecule has 0 unspecified atom stereocenters. The van der Waals surface area contributed by atoms with Crippen LogP contribution in [0.15, 0.2) is 18.2 Å². The highest BCUT2D eigenvalue weighted by molar-refractivity contribution is 5.33. The van der Waals surface area contributed by atoms with Gasteiger partial charge in [-0.2, -0.15) is 0 Å². The fourth-order valence-electron chi connectivity index (χ4n) is 0.894. The number of benzene rings is 1. The van der Waals surface area contributed by atoms with Gasteiger partial charge in [0.1, 0.15) is 11.5 Å². The molecule has 0 saturated heterocycles. The van der Waals surface area contributed by atoms with Gasteiger partial charge in [0.05, 0.1) is 6.61 Å². The average molecular weight is 156 g/mol. The van der Waals surface area contributed by atoms with Crippen molar-refractivity contribution in [3.05, 3.63) is 29.6 Å². The Morgan fingerprint density at radius 3 is 2.91 bits per heavy atom. The highest BCUT2D eigenvalue weighted by Crippen LogP contribution is 2.11. The van der Waals surface area contributed by atoms with Crippen LogP contribution in [-0.2, 0) is 11.3 Å². The standard InChI is InChI=1S/C8H10FNO/c1-11-5-6-4-7(10)2-3-8(6)9/h2-4H,5,10H2,1H3/p+1. The van der Waals surface area contributed by atoms with Crippen LogP contribution in [0.1, 0.15) is 5.56 Å². The van der Waals surface area contributed by atoms with E-state index >= 15 is 0 Å². The molecule has 0 amide bonds. The van der Waals surface area contributed by atoms with Crippen molar-refractivity contribution in [2.45, 2.75) is 6.61 Å². The fraction of sp³-hybridized carbons (Fsp3) is 0.250. The third-order valence-electron chi connectivity index (χ3n) is 1.41. The molecule has 0 spiro atoms. The zero-order valence-corrected chi connectivity index (χ0v) is 6.43. The van der Waals surface area contributed by atoms with E-state index in [0.29, 0.717) is 12.2 Å². The highest BCUT2D eigenvalue weighted by Gasteiger charge is 2.02. The molecule has 3 N–H and O–H groups in total. The first-order chi connectivity index (χ1) is 5.24. The smallest absolute Gasteiger partial charge is 0.129 e. The lowest BCUT2D eigenvalue weighted by atomic mass is 10.2. The van der Waals surface area contributed by atoms with Gasteiger partial charge in [0.15, 0.2) is 0 Å². The Balaban J connectivity index is 2.93.